The molecule has 87 valence electrons. The van der Waals surface area contributed by atoms with Crippen LogP contribution in [0.1, 0.15) is 33.4 Å². The van der Waals surface area contributed by atoms with Crippen LogP contribution >= 0.6 is 0 Å². The van der Waals surface area contributed by atoms with Crippen LogP contribution < -0.4 is 5.46 Å². The molecule has 4 nitrogen and oxygen atoms in total. The smallest absolute Gasteiger partial charge is 0.335 e. The van der Waals surface area contributed by atoms with Crippen LogP contribution in [0.2, 0.25) is 5.31 Å². The highest BCUT2D eigenvalue weighted by molar-refractivity contribution is 6.48. The standard InChI is InChI=1S/C11H16B2N3O/c1-10(2,12)11(3,4)17-13-8-7-16(5)15-9(8)6-14/h7H,1-5H3. The Labute approximate surface area is 105 Å². The fourth-order valence-corrected chi connectivity index (χ4v) is 1.04. The summed E-state index contributed by atoms with van der Waals surface area (Å²) in [7, 11) is 9.32. The van der Waals surface area contributed by atoms with Gasteiger partial charge in [-0.05, 0) is 19.2 Å². The summed E-state index contributed by atoms with van der Waals surface area (Å²) < 4.78 is 7.26. The minimum Gasteiger partial charge on any atom is -0.430 e. The largest absolute Gasteiger partial charge is 0.430 e. The van der Waals surface area contributed by atoms with Crippen LogP contribution in [0, 0.1) is 11.3 Å². The van der Waals surface area contributed by atoms with Gasteiger partial charge in [-0.3, -0.25) is 4.68 Å². The lowest BCUT2D eigenvalue weighted by Crippen LogP contribution is -2.40. The van der Waals surface area contributed by atoms with E-state index in [1.165, 1.54) is 0 Å². The molecule has 0 amide bonds. The van der Waals surface area contributed by atoms with Gasteiger partial charge in [-0.25, -0.2) is 0 Å². The molecule has 17 heavy (non-hydrogen) atoms. The number of nitriles is 1. The minimum absolute atomic E-state index is 0.345. The van der Waals surface area contributed by atoms with Gasteiger partial charge >= 0.3 is 7.48 Å². The fraction of sp³-hybridized carbons (Fsp3) is 0.636. The summed E-state index contributed by atoms with van der Waals surface area (Å²) >= 11 is 0. The maximum atomic E-state index is 8.89. The first-order valence-electron chi connectivity index (χ1n) is 5.41. The highest BCUT2D eigenvalue weighted by Crippen LogP contribution is 2.36. The molecule has 0 saturated carbocycles. The summed E-state index contributed by atoms with van der Waals surface area (Å²) in [5.41, 5.74) is 0.473. The quantitative estimate of drug-likeness (QED) is 0.712. The lowest BCUT2D eigenvalue weighted by Gasteiger charge is -2.39. The Bertz CT molecular complexity index is 441. The maximum Gasteiger partial charge on any atom is 0.335 e. The van der Waals surface area contributed by atoms with Crippen molar-refractivity contribution in [1.82, 2.24) is 9.78 Å². The average Bonchev–Trinajstić information content (AvgIpc) is 2.54. The van der Waals surface area contributed by atoms with Gasteiger partial charge in [-0.1, -0.05) is 13.8 Å². The molecule has 0 saturated heterocycles. The van der Waals surface area contributed by atoms with Gasteiger partial charge in [0.2, 0.25) is 0 Å². The third-order valence-electron chi connectivity index (χ3n) is 3.00. The Hall–Kier alpha value is -1.21. The maximum absolute atomic E-state index is 8.89. The number of rotatable bonds is 4. The van der Waals surface area contributed by atoms with Crippen LogP contribution in [-0.4, -0.2) is 30.7 Å². The van der Waals surface area contributed by atoms with Crippen LogP contribution in [0.5, 0.6) is 0 Å². The molecular formula is C11H16B2N3O. The fourth-order valence-electron chi connectivity index (χ4n) is 1.04. The van der Waals surface area contributed by atoms with E-state index in [-0.39, 0.29) is 0 Å². The van der Waals surface area contributed by atoms with E-state index >= 15 is 0 Å². The van der Waals surface area contributed by atoms with Crippen LogP contribution in [0.25, 0.3) is 0 Å². The normalized spacial score (nSPS) is 12.2. The van der Waals surface area contributed by atoms with E-state index in [1.54, 1.807) is 25.4 Å². The molecule has 1 aromatic heterocycles. The molecule has 0 aliphatic rings. The Morgan fingerprint density at radius 2 is 2.06 bits per heavy atom. The van der Waals surface area contributed by atoms with Gasteiger partial charge in [0.05, 0.1) is 7.85 Å². The lowest BCUT2D eigenvalue weighted by atomic mass is 9.61. The van der Waals surface area contributed by atoms with Crippen LogP contribution in [0.4, 0.5) is 0 Å². The molecule has 0 fully saturated rings. The van der Waals surface area contributed by atoms with Crippen molar-refractivity contribution in [3.05, 3.63) is 11.9 Å². The van der Waals surface area contributed by atoms with E-state index in [9.17, 15) is 0 Å². The molecule has 0 aliphatic carbocycles. The van der Waals surface area contributed by atoms with Gasteiger partial charge in [0, 0.05) is 24.3 Å². The Morgan fingerprint density at radius 3 is 2.53 bits per heavy atom. The predicted molar refractivity (Wildman–Crippen MR) is 68.3 cm³/mol. The molecule has 0 aliphatic heterocycles. The number of aromatic nitrogens is 2. The monoisotopic (exact) mass is 228 g/mol. The second-order valence-electron chi connectivity index (χ2n) is 5.19. The molecule has 3 radical (unpaired) electrons. The van der Waals surface area contributed by atoms with Gasteiger partial charge < -0.3 is 4.65 Å². The Morgan fingerprint density at radius 1 is 1.47 bits per heavy atom. The number of hydrogen-bond donors (Lipinski definition) is 0. The van der Waals surface area contributed by atoms with E-state index in [0.717, 1.165) is 0 Å². The van der Waals surface area contributed by atoms with Gasteiger partial charge in [0.1, 0.15) is 6.07 Å². The summed E-state index contributed by atoms with van der Waals surface area (Å²) in [5.74, 6) is 0. The van der Waals surface area contributed by atoms with E-state index in [2.05, 4.69) is 5.10 Å². The van der Waals surface area contributed by atoms with Crippen molar-refractivity contribution in [2.45, 2.75) is 38.6 Å². The summed E-state index contributed by atoms with van der Waals surface area (Å²) in [6, 6.07) is 2.02. The highest BCUT2D eigenvalue weighted by Gasteiger charge is 2.33. The van der Waals surface area contributed by atoms with E-state index in [4.69, 9.17) is 17.8 Å². The third kappa shape index (κ3) is 3.13. The first kappa shape index (κ1) is 13.9. The summed E-state index contributed by atoms with van der Waals surface area (Å²) in [6.45, 7) is 7.61. The lowest BCUT2D eigenvalue weighted by molar-refractivity contribution is 0.0767. The second kappa shape index (κ2) is 4.58. The van der Waals surface area contributed by atoms with Gasteiger partial charge in [0.25, 0.3) is 0 Å². The van der Waals surface area contributed by atoms with Crippen molar-refractivity contribution in [2.75, 3.05) is 0 Å². The summed E-state index contributed by atoms with van der Waals surface area (Å²) in [4.78, 5) is 0. The first-order valence-corrected chi connectivity index (χ1v) is 5.41. The van der Waals surface area contributed by atoms with Crippen LogP contribution in [0.15, 0.2) is 6.20 Å². The SMILES string of the molecule is [B]C(C)(C)C(C)(C)O[B]c1cn(C)nc1C#N. The number of aryl methyl sites for hydroxylation is 1. The molecule has 0 aromatic carbocycles. The molecule has 6 heteroatoms. The first-order chi connectivity index (χ1) is 7.67. The number of nitrogens with zero attached hydrogens (tertiary/aromatic N) is 3. The highest BCUT2D eigenvalue weighted by atomic mass is 16.5. The zero-order valence-corrected chi connectivity index (χ0v) is 11.0. The van der Waals surface area contributed by atoms with Crippen molar-refractivity contribution in [2.24, 2.45) is 7.05 Å². The molecule has 0 spiro atoms. The van der Waals surface area contributed by atoms with Crippen molar-refractivity contribution < 1.29 is 4.65 Å². The minimum atomic E-state index is -0.532. The Balaban J connectivity index is 2.78. The van der Waals surface area contributed by atoms with Gasteiger partial charge in [0.15, 0.2) is 5.69 Å². The predicted octanol–water partition coefficient (Wildman–Crippen LogP) is 0.698. The van der Waals surface area contributed by atoms with Crippen LogP contribution in [0.3, 0.4) is 0 Å². The molecule has 0 N–H and O–H groups in total. The Kier molecular flexibility index (Phi) is 3.73. The van der Waals surface area contributed by atoms with Crippen molar-refractivity contribution in [1.29, 1.82) is 5.26 Å². The molecule has 1 rings (SSSR count). The third-order valence-corrected chi connectivity index (χ3v) is 3.00. The topological polar surface area (TPSA) is 50.8 Å². The van der Waals surface area contributed by atoms with E-state index in [0.29, 0.717) is 11.2 Å². The zero-order chi connectivity index (χ0) is 13.3. The number of hydrogen-bond acceptors (Lipinski definition) is 3. The summed E-state index contributed by atoms with van der Waals surface area (Å²) in [6.07, 6.45) is 1.73. The molecule has 0 atom stereocenters. The molecular weight excluding hydrogens is 212 g/mol. The van der Waals surface area contributed by atoms with Crippen molar-refractivity contribution in [3.8, 4) is 6.07 Å². The average molecular weight is 228 g/mol. The molecule has 1 heterocycles. The molecule has 1 aromatic rings. The molecule has 0 bridgehead atoms. The summed E-state index contributed by atoms with van der Waals surface area (Å²) in [5, 5.41) is 12.4. The van der Waals surface area contributed by atoms with Gasteiger partial charge in [-0.2, -0.15) is 10.4 Å². The van der Waals surface area contributed by atoms with Gasteiger partial charge in [-0.15, -0.1) is 0 Å². The van der Waals surface area contributed by atoms with Crippen molar-refractivity contribution in [3.63, 3.8) is 0 Å². The van der Waals surface area contributed by atoms with Crippen molar-refractivity contribution >= 4 is 20.8 Å². The zero-order valence-electron chi connectivity index (χ0n) is 11.0. The molecule has 0 unspecified atom stereocenters. The van der Waals surface area contributed by atoms with Crippen LogP contribution in [-0.2, 0) is 11.7 Å². The van der Waals surface area contributed by atoms with E-state index in [1.807, 2.05) is 33.8 Å². The second-order valence-corrected chi connectivity index (χ2v) is 5.19. The van der Waals surface area contributed by atoms with E-state index < -0.39 is 10.9 Å².